The largest absolute Gasteiger partial charge is 0.393 e. The van der Waals surface area contributed by atoms with Crippen molar-refractivity contribution in [2.24, 2.45) is 33.7 Å². The van der Waals surface area contributed by atoms with E-state index in [-0.39, 0.29) is 35.7 Å². The molecule has 0 radical (unpaired) electrons. The molecule has 0 bridgehead atoms. The summed E-state index contributed by atoms with van der Waals surface area (Å²) in [5.41, 5.74) is 0.490. The molecular formula is C28H40N4O6. The first kappa shape index (κ1) is 27.0. The van der Waals surface area contributed by atoms with Gasteiger partial charge in [0.05, 0.1) is 18.1 Å². The zero-order valence-corrected chi connectivity index (χ0v) is 22.3. The van der Waals surface area contributed by atoms with Gasteiger partial charge >= 0.3 is 0 Å². The maximum Gasteiger partial charge on any atom is 0.260 e. The van der Waals surface area contributed by atoms with Gasteiger partial charge in [0.2, 0.25) is 0 Å². The summed E-state index contributed by atoms with van der Waals surface area (Å²) in [5, 5.41) is 39.4. The molecular weight excluding hydrogens is 488 g/mol. The number of aliphatic hydroxyl groups excluding tert-OH is 2. The highest BCUT2D eigenvalue weighted by molar-refractivity contribution is 5.96. The van der Waals surface area contributed by atoms with E-state index in [1.807, 2.05) is 6.92 Å². The first-order chi connectivity index (χ1) is 18.1. The summed E-state index contributed by atoms with van der Waals surface area (Å²) >= 11 is 0. The fourth-order valence-corrected chi connectivity index (χ4v) is 8.35. The van der Waals surface area contributed by atoms with Gasteiger partial charge in [-0.3, -0.25) is 9.59 Å². The molecule has 1 aromatic heterocycles. The highest BCUT2D eigenvalue weighted by atomic mass is 16.6. The maximum absolute atomic E-state index is 12.6. The van der Waals surface area contributed by atoms with Crippen LogP contribution in [0.25, 0.3) is 0 Å². The van der Waals surface area contributed by atoms with Crippen LogP contribution in [0.5, 0.6) is 0 Å². The van der Waals surface area contributed by atoms with E-state index >= 15 is 0 Å². The van der Waals surface area contributed by atoms with Crippen LogP contribution in [-0.4, -0.2) is 74.2 Å². The van der Waals surface area contributed by atoms with Crippen LogP contribution in [0.2, 0.25) is 0 Å². The molecule has 3 saturated carbocycles. The lowest BCUT2D eigenvalue weighted by Crippen LogP contribution is -2.62. The number of rotatable bonds is 8. The van der Waals surface area contributed by atoms with Gasteiger partial charge in [0, 0.05) is 30.3 Å². The Labute approximate surface area is 222 Å². The number of hydrogen-bond donors (Lipinski definition) is 5. The minimum absolute atomic E-state index is 0.0373. The molecule has 0 spiro atoms. The van der Waals surface area contributed by atoms with Gasteiger partial charge in [-0.2, -0.15) is 0 Å². The van der Waals surface area contributed by atoms with Crippen molar-refractivity contribution in [1.82, 2.24) is 15.3 Å². The molecule has 10 heteroatoms. The first-order valence-corrected chi connectivity index (χ1v) is 13.8. The number of nitrogens with zero attached hydrogens (tertiary/aromatic N) is 2. The Balaban J connectivity index is 1.23. The number of aromatic amines is 1. The van der Waals surface area contributed by atoms with Gasteiger partial charge in [0.15, 0.2) is 12.4 Å². The molecule has 10 nitrogen and oxygen atoms in total. The molecule has 0 aromatic carbocycles. The van der Waals surface area contributed by atoms with E-state index in [1.54, 1.807) is 12.5 Å². The van der Waals surface area contributed by atoms with Gasteiger partial charge < -0.3 is 30.5 Å². The number of H-pyrrole nitrogens is 1. The molecule has 38 heavy (non-hydrogen) atoms. The molecule has 4 aliphatic rings. The number of carbonyl (C=O) groups excluding carboxylic acids is 2. The zero-order chi connectivity index (χ0) is 27.1. The van der Waals surface area contributed by atoms with Crippen LogP contribution in [0.1, 0.15) is 64.5 Å². The molecule has 0 aliphatic heterocycles. The lowest BCUT2D eigenvalue weighted by atomic mass is 9.45. The van der Waals surface area contributed by atoms with E-state index in [1.165, 1.54) is 5.57 Å². The summed E-state index contributed by atoms with van der Waals surface area (Å²) in [4.78, 5) is 37.0. The second-order valence-corrected chi connectivity index (χ2v) is 12.1. The highest BCUT2D eigenvalue weighted by Crippen LogP contribution is 2.67. The van der Waals surface area contributed by atoms with Crippen molar-refractivity contribution in [3.8, 4) is 0 Å². The maximum atomic E-state index is 12.6. The van der Waals surface area contributed by atoms with Crippen molar-refractivity contribution in [3.05, 3.63) is 29.9 Å². The first-order valence-electron chi connectivity index (χ1n) is 13.8. The summed E-state index contributed by atoms with van der Waals surface area (Å²) in [6.07, 6.45) is 10.1. The molecule has 1 aromatic rings. The summed E-state index contributed by atoms with van der Waals surface area (Å²) in [7, 11) is 0. The van der Waals surface area contributed by atoms with E-state index in [9.17, 15) is 24.9 Å². The van der Waals surface area contributed by atoms with E-state index in [4.69, 9.17) is 4.84 Å². The van der Waals surface area contributed by atoms with Crippen LogP contribution < -0.4 is 5.32 Å². The van der Waals surface area contributed by atoms with Crippen LogP contribution in [-0.2, 0) is 20.8 Å². The van der Waals surface area contributed by atoms with E-state index in [2.05, 4.69) is 33.4 Å². The second kappa shape index (κ2) is 10.2. The Hall–Kier alpha value is -2.56. The molecule has 1 heterocycles. The molecule has 208 valence electrons. The van der Waals surface area contributed by atoms with Crippen LogP contribution >= 0.6 is 0 Å². The third-order valence-corrected chi connectivity index (χ3v) is 10.3. The quantitative estimate of drug-likeness (QED) is 0.321. The van der Waals surface area contributed by atoms with Crippen LogP contribution in [0, 0.1) is 28.6 Å². The standard InChI is InChI=1S/C28H40N4O6/c1-26-8-5-18(32-38-15-24(36)30-10-7-19-13-29-16-31-19)11-17(26)3-4-20-21-6-9-28(37,23(35)14-33)27(21,2)12-22(34)25(20)26/h11,13,16,20-22,25,33-34,37H,3-10,12,14-15H2,1-2H3,(H,29,31)(H,30,36)/b32-18-/t20-,21-,22+,25+,26-,27-,28-/m0/s1. The lowest BCUT2D eigenvalue weighted by molar-refractivity contribution is -0.181. The summed E-state index contributed by atoms with van der Waals surface area (Å²) in [5.74, 6) is -0.394. The average molecular weight is 529 g/mol. The Bertz CT molecular complexity index is 1120. The van der Waals surface area contributed by atoms with Crippen molar-refractivity contribution in [1.29, 1.82) is 0 Å². The predicted octanol–water partition coefficient (Wildman–Crippen LogP) is 1.67. The number of Topliss-reactive ketones (excluding diaryl/α,β-unsaturated/α-hetero) is 1. The second-order valence-electron chi connectivity index (χ2n) is 12.1. The predicted molar refractivity (Wildman–Crippen MR) is 139 cm³/mol. The number of aromatic nitrogens is 2. The van der Waals surface area contributed by atoms with Gasteiger partial charge in [-0.1, -0.05) is 24.6 Å². The molecule has 0 saturated heterocycles. The van der Waals surface area contributed by atoms with Crippen molar-refractivity contribution in [2.75, 3.05) is 19.8 Å². The van der Waals surface area contributed by atoms with Crippen molar-refractivity contribution >= 4 is 17.4 Å². The minimum atomic E-state index is -1.58. The number of allylic oxidation sites excluding steroid dienone is 2. The molecule has 5 rings (SSSR count). The number of fused-ring (bicyclic) bond motifs is 5. The SMILES string of the molecule is C[C@]12CC/C(=N/OCC(=O)NCCc3cnc[nH]3)C=C1CC[C@@H]1[C@@H]2[C@H](O)C[C@@]2(C)[C@H]1CC[C@]2(O)C(=O)CO. The molecule has 3 fully saturated rings. The number of amides is 1. The molecule has 0 unspecified atom stereocenters. The summed E-state index contributed by atoms with van der Waals surface area (Å²) in [6.45, 7) is 3.82. The number of carbonyl (C=O) groups is 2. The Morgan fingerprint density at radius 2 is 2.08 bits per heavy atom. The fourth-order valence-electron chi connectivity index (χ4n) is 8.35. The van der Waals surface area contributed by atoms with E-state index in [0.717, 1.165) is 37.1 Å². The number of imidazole rings is 1. The minimum Gasteiger partial charge on any atom is -0.393 e. The average Bonchev–Trinajstić information content (AvgIpc) is 3.49. The van der Waals surface area contributed by atoms with Gasteiger partial charge in [-0.25, -0.2) is 4.98 Å². The fraction of sp³-hybridized carbons (Fsp3) is 0.714. The Morgan fingerprint density at radius 1 is 1.26 bits per heavy atom. The molecule has 4 aliphatic carbocycles. The summed E-state index contributed by atoms with van der Waals surface area (Å²) < 4.78 is 0. The van der Waals surface area contributed by atoms with Gasteiger partial charge in [0.25, 0.3) is 5.91 Å². The Kier molecular flexibility index (Phi) is 7.26. The number of nitrogens with one attached hydrogen (secondary N) is 2. The normalized spacial score (nSPS) is 39.1. The van der Waals surface area contributed by atoms with E-state index < -0.39 is 29.5 Å². The van der Waals surface area contributed by atoms with Crippen molar-refractivity contribution < 1.29 is 29.7 Å². The molecule has 5 N–H and O–H groups in total. The van der Waals surface area contributed by atoms with Crippen molar-refractivity contribution in [2.45, 2.75) is 76.9 Å². The summed E-state index contributed by atoms with van der Waals surface area (Å²) in [6, 6.07) is 0. The third-order valence-electron chi connectivity index (χ3n) is 10.3. The third kappa shape index (κ3) is 4.40. The van der Waals surface area contributed by atoms with E-state index in [0.29, 0.717) is 32.2 Å². The van der Waals surface area contributed by atoms with Gasteiger partial charge in [-0.05, 0) is 74.2 Å². The lowest BCUT2D eigenvalue weighted by Gasteiger charge is -2.60. The smallest absolute Gasteiger partial charge is 0.260 e. The number of oxime groups is 1. The Morgan fingerprint density at radius 3 is 2.82 bits per heavy atom. The van der Waals surface area contributed by atoms with Gasteiger partial charge in [0.1, 0.15) is 12.2 Å². The van der Waals surface area contributed by atoms with Crippen LogP contribution in [0.15, 0.2) is 29.3 Å². The number of hydrogen-bond acceptors (Lipinski definition) is 8. The highest BCUT2D eigenvalue weighted by Gasteiger charge is 2.68. The van der Waals surface area contributed by atoms with Crippen LogP contribution in [0.3, 0.4) is 0 Å². The number of ketones is 1. The molecule has 7 atom stereocenters. The van der Waals surface area contributed by atoms with Gasteiger partial charge in [-0.15, -0.1) is 0 Å². The van der Waals surface area contributed by atoms with Crippen molar-refractivity contribution in [3.63, 3.8) is 0 Å². The topological polar surface area (TPSA) is 157 Å². The molecule has 1 amide bonds. The van der Waals surface area contributed by atoms with Crippen LogP contribution in [0.4, 0.5) is 0 Å². The zero-order valence-electron chi connectivity index (χ0n) is 22.3. The monoisotopic (exact) mass is 528 g/mol. The number of aliphatic hydroxyl groups is 3.